The number of rotatable bonds is 2. The largest absolute Gasteiger partial charge is 0.476 e. The molecule has 0 aliphatic carbocycles. The van der Waals surface area contributed by atoms with Gasteiger partial charge in [-0.1, -0.05) is 16.8 Å². The quantitative estimate of drug-likeness (QED) is 0.732. The average molecular weight is 349 g/mol. The number of aromatic nitrogens is 4. The van der Waals surface area contributed by atoms with Crippen molar-refractivity contribution in [3.63, 3.8) is 0 Å². The smallest absolute Gasteiger partial charge is 0.439 e. The molecule has 0 atom stereocenters. The highest BCUT2D eigenvalue weighted by atomic mass is 35.5. The SMILES string of the molecule is O=C(O)c1nc2c(C(F)(F)F)cc(-c3noc(=O)[nH]3)cn2c1Cl. The number of nitrogens with one attached hydrogen (secondary N) is 1. The predicted octanol–water partition coefficient (Wildman–Crippen LogP) is 2.05. The summed E-state index contributed by atoms with van der Waals surface area (Å²) in [5, 5.41) is 11.7. The second-order valence-corrected chi connectivity index (χ2v) is 4.69. The fourth-order valence-electron chi connectivity index (χ4n) is 1.95. The standard InChI is InChI=1S/C11H4ClF3N4O4/c12-6-5(9(20)21)16-8-4(11(13,14)15)1-3(2-19(6)8)7-17-10(22)23-18-7/h1-2H,(H,20,21)(H,17,18,22). The second-order valence-electron chi connectivity index (χ2n) is 4.33. The molecule has 0 spiro atoms. The van der Waals surface area contributed by atoms with Crippen LogP contribution in [0.25, 0.3) is 17.0 Å². The van der Waals surface area contributed by atoms with Crippen molar-refractivity contribution in [1.29, 1.82) is 0 Å². The summed E-state index contributed by atoms with van der Waals surface area (Å²) in [6.45, 7) is 0. The topological polar surface area (TPSA) is 113 Å². The van der Waals surface area contributed by atoms with Gasteiger partial charge in [-0.05, 0) is 6.07 Å². The number of alkyl halides is 3. The van der Waals surface area contributed by atoms with Crippen molar-refractivity contribution in [2.75, 3.05) is 0 Å². The van der Waals surface area contributed by atoms with Crippen molar-refractivity contribution in [3.05, 3.63) is 39.2 Å². The molecular weight excluding hydrogens is 345 g/mol. The Hall–Kier alpha value is -2.82. The lowest BCUT2D eigenvalue weighted by atomic mass is 10.2. The van der Waals surface area contributed by atoms with Crippen LogP contribution in [0.15, 0.2) is 21.6 Å². The van der Waals surface area contributed by atoms with E-state index in [4.69, 9.17) is 16.7 Å². The summed E-state index contributed by atoms with van der Waals surface area (Å²) in [6.07, 6.45) is -3.79. The third-order valence-corrected chi connectivity index (χ3v) is 3.24. The van der Waals surface area contributed by atoms with Crippen LogP contribution >= 0.6 is 11.6 Å². The van der Waals surface area contributed by atoms with E-state index < -0.39 is 40.0 Å². The fraction of sp³-hybridized carbons (Fsp3) is 0.0909. The first kappa shape index (κ1) is 15.1. The van der Waals surface area contributed by atoms with Gasteiger partial charge in [0.05, 0.1) is 5.56 Å². The van der Waals surface area contributed by atoms with Gasteiger partial charge in [0, 0.05) is 11.8 Å². The maximum absolute atomic E-state index is 13.2. The van der Waals surface area contributed by atoms with E-state index in [1.165, 1.54) is 0 Å². The van der Waals surface area contributed by atoms with Gasteiger partial charge in [0.15, 0.2) is 17.2 Å². The van der Waals surface area contributed by atoms with E-state index in [0.717, 1.165) is 10.6 Å². The maximum atomic E-state index is 13.2. The van der Waals surface area contributed by atoms with E-state index in [2.05, 4.69) is 19.6 Å². The Balaban J connectivity index is 2.39. The number of pyridine rings is 1. The molecule has 12 heteroatoms. The summed E-state index contributed by atoms with van der Waals surface area (Å²) in [4.78, 5) is 27.4. The lowest BCUT2D eigenvalue weighted by Crippen LogP contribution is -2.09. The number of halogens is 4. The number of hydrogen-bond donors (Lipinski definition) is 2. The predicted molar refractivity (Wildman–Crippen MR) is 68.3 cm³/mol. The van der Waals surface area contributed by atoms with Gasteiger partial charge in [0.2, 0.25) is 0 Å². The molecule has 120 valence electrons. The Morgan fingerprint density at radius 2 is 2.13 bits per heavy atom. The molecule has 0 aliphatic heterocycles. The number of aromatic amines is 1. The molecule has 0 aromatic carbocycles. The molecule has 3 heterocycles. The summed E-state index contributed by atoms with van der Waals surface area (Å²) in [6, 6.07) is 0.651. The zero-order valence-corrected chi connectivity index (χ0v) is 11.4. The van der Waals surface area contributed by atoms with Crippen molar-refractivity contribution in [3.8, 4) is 11.4 Å². The summed E-state index contributed by atoms with van der Waals surface area (Å²) in [5.74, 6) is -2.82. The van der Waals surface area contributed by atoms with E-state index in [1.807, 2.05) is 0 Å². The Bertz CT molecular complexity index is 987. The Kier molecular flexibility index (Phi) is 3.18. The van der Waals surface area contributed by atoms with Gasteiger partial charge in [-0.2, -0.15) is 13.2 Å². The summed E-state index contributed by atoms with van der Waals surface area (Å²) in [7, 11) is 0. The summed E-state index contributed by atoms with van der Waals surface area (Å²) < 4.78 is 44.6. The third kappa shape index (κ3) is 2.44. The van der Waals surface area contributed by atoms with Crippen LogP contribution in [0.1, 0.15) is 16.1 Å². The zero-order chi connectivity index (χ0) is 16.9. The van der Waals surface area contributed by atoms with Crippen molar-refractivity contribution >= 4 is 23.2 Å². The number of nitrogens with zero attached hydrogens (tertiary/aromatic N) is 3. The number of carboxylic acids is 1. The van der Waals surface area contributed by atoms with E-state index in [-0.39, 0.29) is 11.4 Å². The van der Waals surface area contributed by atoms with E-state index in [9.17, 15) is 22.8 Å². The van der Waals surface area contributed by atoms with Crippen LogP contribution in [-0.4, -0.2) is 30.6 Å². The van der Waals surface area contributed by atoms with Gasteiger partial charge in [-0.3, -0.25) is 13.9 Å². The molecule has 8 nitrogen and oxygen atoms in total. The van der Waals surface area contributed by atoms with E-state index in [1.54, 1.807) is 0 Å². The van der Waals surface area contributed by atoms with Gasteiger partial charge in [-0.25, -0.2) is 14.6 Å². The van der Waals surface area contributed by atoms with Gasteiger partial charge in [-0.15, -0.1) is 0 Å². The second kappa shape index (κ2) is 4.84. The molecule has 0 saturated heterocycles. The van der Waals surface area contributed by atoms with Gasteiger partial charge in [0.1, 0.15) is 5.15 Å². The van der Waals surface area contributed by atoms with Gasteiger partial charge < -0.3 is 5.11 Å². The number of imidazole rings is 1. The number of aromatic carboxylic acids is 1. The highest BCUT2D eigenvalue weighted by molar-refractivity contribution is 6.32. The molecule has 3 aromatic rings. The average Bonchev–Trinajstić information content (AvgIpc) is 3.01. The lowest BCUT2D eigenvalue weighted by Gasteiger charge is -2.09. The Morgan fingerprint density at radius 1 is 1.43 bits per heavy atom. The molecule has 23 heavy (non-hydrogen) atoms. The molecule has 3 rings (SSSR count). The molecule has 0 bridgehead atoms. The third-order valence-electron chi connectivity index (χ3n) is 2.88. The molecule has 0 unspecified atom stereocenters. The highest BCUT2D eigenvalue weighted by Crippen LogP contribution is 2.36. The first-order chi connectivity index (χ1) is 10.7. The van der Waals surface area contributed by atoms with Crippen molar-refractivity contribution in [1.82, 2.24) is 19.5 Å². The van der Waals surface area contributed by atoms with Crippen molar-refractivity contribution in [2.24, 2.45) is 0 Å². The lowest BCUT2D eigenvalue weighted by molar-refractivity contribution is -0.136. The molecule has 0 fully saturated rings. The summed E-state index contributed by atoms with van der Waals surface area (Å²) >= 11 is 5.78. The van der Waals surface area contributed by atoms with Crippen LogP contribution in [0.5, 0.6) is 0 Å². The van der Waals surface area contributed by atoms with Crippen LogP contribution < -0.4 is 5.76 Å². The number of H-pyrrole nitrogens is 1. The fourth-order valence-corrected chi connectivity index (χ4v) is 2.20. The van der Waals surface area contributed by atoms with Crippen molar-refractivity contribution < 1.29 is 27.6 Å². The molecule has 0 aliphatic rings. The number of hydrogen-bond acceptors (Lipinski definition) is 5. The minimum atomic E-state index is -4.84. The van der Waals surface area contributed by atoms with Crippen LogP contribution in [-0.2, 0) is 6.18 Å². The minimum Gasteiger partial charge on any atom is -0.476 e. The maximum Gasteiger partial charge on any atom is 0.439 e. The van der Waals surface area contributed by atoms with E-state index in [0.29, 0.717) is 6.07 Å². The number of fused-ring (bicyclic) bond motifs is 1. The zero-order valence-electron chi connectivity index (χ0n) is 10.7. The van der Waals surface area contributed by atoms with Crippen LogP contribution in [0.4, 0.5) is 13.2 Å². The van der Waals surface area contributed by atoms with Crippen LogP contribution in [0.3, 0.4) is 0 Å². The van der Waals surface area contributed by atoms with Crippen LogP contribution in [0, 0.1) is 0 Å². The Labute approximate surface area is 128 Å². The van der Waals surface area contributed by atoms with E-state index >= 15 is 0 Å². The summed E-state index contributed by atoms with van der Waals surface area (Å²) in [5.41, 5.74) is -2.85. The molecule has 2 N–H and O–H groups in total. The first-order valence-electron chi connectivity index (χ1n) is 5.77. The monoisotopic (exact) mass is 348 g/mol. The number of carboxylic acid groups (broad SMARTS) is 1. The molecule has 0 amide bonds. The molecule has 0 saturated carbocycles. The highest BCUT2D eigenvalue weighted by Gasteiger charge is 2.36. The van der Waals surface area contributed by atoms with Gasteiger partial charge in [0.25, 0.3) is 0 Å². The minimum absolute atomic E-state index is 0.188. The molecule has 3 aromatic heterocycles. The molecule has 0 radical (unpaired) electrons. The molecular formula is C11H4ClF3N4O4. The van der Waals surface area contributed by atoms with Gasteiger partial charge >= 0.3 is 17.9 Å². The Morgan fingerprint density at radius 3 is 2.65 bits per heavy atom. The first-order valence-corrected chi connectivity index (χ1v) is 6.14. The number of carbonyl (C=O) groups is 1. The van der Waals surface area contributed by atoms with Crippen LogP contribution in [0.2, 0.25) is 5.15 Å². The normalized spacial score (nSPS) is 12.0. The van der Waals surface area contributed by atoms with Crippen molar-refractivity contribution in [2.45, 2.75) is 6.18 Å².